The van der Waals surface area contributed by atoms with Crippen LogP contribution in [0.5, 0.6) is 11.5 Å². The number of benzene rings is 1. The number of ether oxygens (including phenoxy) is 1. The molecule has 1 amide bonds. The zero-order valence-corrected chi connectivity index (χ0v) is 13.1. The summed E-state index contributed by atoms with van der Waals surface area (Å²) in [6.07, 6.45) is 4.63. The third-order valence-corrected chi connectivity index (χ3v) is 4.68. The maximum atomic E-state index is 12.0. The Labute approximate surface area is 127 Å². The minimum Gasteiger partial charge on any atom is -0.504 e. The van der Waals surface area contributed by atoms with Gasteiger partial charge in [0, 0.05) is 16.9 Å². The van der Waals surface area contributed by atoms with E-state index in [1.165, 1.54) is 26.0 Å². The van der Waals surface area contributed by atoms with Crippen molar-refractivity contribution in [3.63, 3.8) is 0 Å². The van der Waals surface area contributed by atoms with E-state index in [4.69, 9.17) is 4.74 Å². The third kappa shape index (κ3) is 3.88. The average Bonchev–Trinajstić information content (AvgIpc) is 2.46. The molecule has 20 heavy (non-hydrogen) atoms. The monoisotopic (exact) mass is 341 g/mol. The van der Waals surface area contributed by atoms with Gasteiger partial charge in [-0.1, -0.05) is 15.9 Å². The first-order valence-electron chi connectivity index (χ1n) is 6.89. The van der Waals surface area contributed by atoms with Crippen molar-refractivity contribution in [2.45, 2.75) is 30.5 Å². The summed E-state index contributed by atoms with van der Waals surface area (Å²) in [6, 6.07) is 4.69. The van der Waals surface area contributed by atoms with Crippen LogP contribution in [0.25, 0.3) is 0 Å². The molecule has 1 saturated carbocycles. The van der Waals surface area contributed by atoms with Gasteiger partial charge in [-0.15, -0.1) is 0 Å². The van der Waals surface area contributed by atoms with Gasteiger partial charge in [0.15, 0.2) is 11.5 Å². The van der Waals surface area contributed by atoms with Gasteiger partial charge in [-0.05, 0) is 49.8 Å². The van der Waals surface area contributed by atoms with E-state index < -0.39 is 0 Å². The molecule has 0 aliphatic heterocycles. The van der Waals surface area contributed by atoms with Crippen molar-refractivity contribution in [2.75, 3.05) is 13.7 Å². The first kappa shape index (κ1) is 15.2. The molecule has 1 aliphatic rings. The molecule has 2 rings (SSSR count). The highest BCUT2D eigenvalue weighted by atomic mass is 79.9. The summed E-state index contributed by atoms with van der Waals surface area (Å²) in [7, 11) is 1.48. The van der Waals surface area contributed by atoms with Crippen LogP contribution in [0.3, 0.4) is 0 Å². The van der Waals surface area contributed by atoms with E-state index in [2.05, 4.69) is 21.2 Å². The van der Waals surface area contributed by atoms with E-state index >= 15 is 0 Å². The Hall–Kier alpha value is -1.23. The van der Waals surface area contributed by atoms with Gasteiger partial charge in [0.1, 0.15) is 0 Å². The molecule has 0 unspecified atom stereocenters. The van der Waals surface area contributed by atoms with Crippen molar-refractivity contribution in [1.82, 2.24) is 5.32 Å². The molecule has 0 aromatic heterocycles. The largest absolute Gasteiger partial charge is 0.504 e. The van der Waals surface area contributed by atoms with Crippen LogP contribution in [0.1, 0.15) is 36.0 Å². The first-order chi connectivity index (χ1) is 9.60. The van der Waals surface area contributed by atoms with Crippen LogP contribution in [0.15, 0.2) is 18.2 Å². The van der Waals surface area contributed by atoms with Crippen LogP contribution in [0, 0.1) is 5.92 Å². The van der Waals surface area contributed by atoms with E-state index in [9.17, 15) is 9.90 Å². The van der Waals surface area contributed by atoms with E-state index in [-0.39, 0.29) is 11.7 Å². The normalized spacial score (nSPS) is 22.3. The number of phenolic OH excluding ortho intramolecular Hbond substituents is 1. The van der Waals surface area contributed by atoms with E-state index in [1.54, 1.807) is 12.1 Å². The molecular weight excluding hydrogens is 322 g/mol. The minimum atomic E-state index is -0.149. The molecular formula is C15H20BrNO3. The number of phenols is 1. The summed E-state index contributed by atoms with van der Waals surface area (Å²) in [5.74, 6) is 0.764. The molecule has 1 aromatic rings. The molecule has 0 saturated heterocycles. The number of amides is 1. The van der Waals surface area contributed by atoms with Crippen LogP contribution >= 0.6 is 15.9 Å². The molecule has 2 N–H and O–H groups in total. The van der Waals surface area contributed by atoms with Gasteiger partial charge in [0.05, 0.1) is 7.11 Å². The molecule has 5 heteroatoms. The lowest BCUT2D eigenvalue weighted by Crippen LogP contribution is -2.31. The SMILES string of the molecule is COc1ccc(C(=O)NCC2CCC(Br)CC2)cc1O. The second-order valence-electron chi connectivity index (χ2n) is 5.21. The molecule has 0 heterocycles. The molecule has 1 aliphatic carbocycles. The predicted molar refractivity (Wildman–Crippen MR) is 81.7 cm³/mol. The number of carbonyl (C=O) groups excluding carboxylic acids is 1. The van der Waals surface area contributed by atoms with Crippen LogP contribution < -0.4 is 10.1 Å². The van der Waals surface area contributed by atoms with Crippen molar-refractivity contribution < 1.29 is 14.6 Å². The summed E-state index contributed by atoms with van der Waals surface area (Å²) in [4.78, 5) is 12.7. The standard InChI is InChI=1S/C15H20BrNO3/c1-20-14-7-4-11(8-13(14)18)15(19)17-9-10-2-5-12(16)6-3-10/h4,7-8,10,12,18H,2-3,5-6,9H2,1H3,(H,17,19). The zero-order valence-electron chi connectivity index (χ0n) is 11.6. The maximum absolute atomic E-state index is 12.0. The molecule has 4 nitrogen and oxygen atoms in total. The Morgan fingerprint density at radius 3 is 2.70 bits per heavy atom. The summed E-state index contributed by atoms with van der Waals surface area (Å²) in [5, 5.41) is 12.6. The quantitative estimate of drug-likeness (QED) is 0.827. The lowest BCUT2D eigenvalue weighted by Gasteiger charge is -2.25. The highest BCUT2D eigenvalue weighted by Gasteiger charge is 2.20. The number of methoxy groups -OCH3 is 1. The Balaban J connectivity index is 1.87. The van der Waals surface area contributed by atoms with Crippen LogP contribution in [-0.2, 0) is 0 Å². The number of nitrogens with one attached hydrogen (secondary N) is 1. The van der Waals surface area contributed by atoms with Crippen molar-refractivity contribution in [2.24, 2.45) is 5.92 Å². The molecule has 0 atom stereocenters. The number of aromatic hydroxyl groups is 1. The lowest BCUT2D eigenvalue weighted by molar-refractivity contribution is 0.0943. The maximum Gasteiger partial charge on any atom is 0.251 e. The number of halogens is 1. The Kier molecular flexibility index (Phi) is 5.29. The first-order valence-corrected chi connectivity index (χ1v) is 7.81. The van der Waals surface area contributed by atoms with Crippen molar-refractivity contribution in [3.05, 3.63) is 23.8 Å². The fourth-order valence-corrected chi connectivity index (χ4v) is 3.02. The Morgan fingerprint density at radius 1 is 1.40 bits per heavy atom. The second kappa shape index (κ2) is 6.97. The van der Waals surface area contributed by atoms with E-state index in [0.717, 1.165) is 12.8 Å². The van der Waals surface area contributed by atoms with Crippen molar-refractivity contribution in [1.29, 1.82) is 0 Å². The van der Waals surface area contributed by atoms with Gasteiger partial charge in [-0.25, -0.2) is 0 Å². The fourth-order valence-electron chi connectivity index (χ4n) is 2.50. The second-order valence-corrected chi connectivity index (χ2v) is 6.51. The van der Waals surface area contributed by atoms with E-state index in [0.29, 0.717) is 28.6 Å². The summed E-state index contributed by atoms with van der Waals surface area (Å²) in [6.45, 7) is 0.700. The third-order valence-electron chi connectivity index (χ3n) is 3.77. The molecule has 110 valence electrons. The van der Waals surface area contributed by atoms with Gasteiger partial charge < -0.3 is 15.2 Å². The van der Waals surface area contributed by atoms with Crippen LogP contribution in [0.4, 0.5) is 0 Å². The molecule has 1 fully saturated rings. The zero-order chi connectivity index (χ0) is 14.5. The summed E-state index contributed by atoms with van der Waals surface area (Å²) >= 11 is 3.63. The predicted octanol–water partition coefficient (Wildman–Crippen LogP) is 3.08. The van der Waals surface area contributed by atoms with Gasteiger partial charge in [-0.2, -0.15) is 0 Å². The van der Waals surface area contributed by atoms with Gasteiger partial charge in [-0.3, -0.25) is 4.79 Å². The van der Waals surface area contributed by atoms with Gasteiger partial charge >= 0.3 is 0 Å². The number of hydrogen-bond acceptors (Lipinski definition) is 3. The summed E-state index contributed by atoms with van der Waals surface area (Å²) in [5.41, 5.74) is 0.456. The van der Waals surface area contributed by atoms with Crippen LogP contribution in [0.2, 0.25) is 0 Å². The van der Waals surface area contributed by atoms with Gasteiger partial charge in [0.25, 0.3) is 5.91 Å². The smallest absolute Gasteiger partial charge is 0.251 e. The molecule has 0 spiro atoms. The lowest BCUT2D eigenvalue weighted by atomic mass is 9.89. The van der Waals surface area contributed by atoms with Crippen molar-refractivity contribution >= 4 is 21.8 Å². The summed E-state index contributed by atoms with van der Waals surface area (Å²) < 4.78 is 4.96. The highest BCUT2D eigenvalue weighted by Crippen LogP contribution is 2.28. The van der Waals surface area contributed by atoms with Gasteiger partial charge in [0.2, 0.25) is 0 Å². The number of hydrogen-bond donors (Lipinski definition) is 2. The average molecular weight is 342 g/mol. The number of carbonyl (C=O) groups is 1. The molecule has 0 radical (unpaired) electrons. The van der Waals surface area contributed by atoms with Crippen molar-refractivity contribution in [3.8, 4) is 11.5 Å². The van der Waals surface area contributed by atoms with Crippen LogP contribution in [-0.4, -0.2) is 29.5 Å². The minimum absolute atomic E-state index is 0.0139. The Morgan fingerprint density at radius 2 is 2.10 bits per heavy atom. The molecule has 1 aromatic carbocycles. The molecule has 0 bridgehead atoms. The number of rotatable bonds is 4. The topological polar surface area (TPSA) is 58.6 Å². The number of alkyl halides is 1. The highest BCUT2D eigenvalue weighted by molar-refractivity contribution is 9.09. The van der Waals surface area contributed by atoms with E-state index in [1.807, 2.05) is 0 Å². The fraction of sp³-hybridized carbons (Fsp3) is 0.533. The Bertz CT molecular complexity index is 470.